The molecule has 0 saturated carbocycles. The van der Waals surface area contributed by atoms with Crippen molar-refractivity contribution in [3.8, 4) is 0 Å². The van der Waals surface area contributed by atoms with Crippen LogP contribution in [0.3, 0.4) is 0 Å². The topological polar surface area (TPSA) is 15.3 Å². The zero-order chi connectivity index (χ0) is 16.4. The molecule has 22 heavy (non-hydrogen) atoms. The number of hydrogen-bond acceptors (Lipinski definition) is 2. The predicted octanol–water partition coefficient (Wildman–Crippen LogP) is 5.08. The summed E-state index contributed by atoms with van der Waals surface area (Å²) in [4.78, 5) is 2.66. The van der Waals surface area contributed by atoms with Gasteiger partial charge < -0.3 is 10.2 Å². The first kappa shape index (κ1) is 20.0. The van der Waals surface area contributed by atoms with Crippen molar-refractivity contribution in [2.75, 3.05) is 26.2 Å². The van der Waals surface area contributed by atoms with Crippen molar-refractivity contribution >= 4 is 0 Å². The maximum Gasteiger partial charge on any atom is 0.00673 e. The third kappa shape index (κ3) is 10.6. The SMILES string of the molecule is CC(C)CCC(CCC(C)(C)C)NCCCN1CCCCC1. The minimum absolute atomic E-state index is 0.464. The number of hydrogen-bond donors (Lipinski definition) is 1. The standard InChI is InChI=1S/C20H42N2/c1-18(2)10-11-19(12-13-20(3,4)5)21-14-9-17-22-15-7-6-8-16-22/h18-19,21H,6-17H2,1-5H3. The second-order valence-electron chi connectivity index (χ2n) is 8.98. The molecular formula is C20H42N2. The Kier molecular flexibility index (Phi) is 9.66. The molecular weight excluding hydrogens is 268 g/mol. The van der Waals surface area contributed by atoms with E-state index in [1.807, 2.05) is 0 Å². The van der Waals surface area contributed by atoms with Gasteiger partial charge in [0.25, 0.3) is 0 Å². The highest BCUT2D eigenvalue weighted by Gasteiger charge is 2.16. The van der Waals surface area contributed by atoms with Crippen LogP contribution in [0.15, 0.2) is 0 Å². The van der Waals surface area contributed by atoms with Gasteiger partial charge in [0.1, 0.15) is 0 Å². The summed E-state index contributed by atoms with van der Waals surface area (Å²) in [6.07, 6.45) is 10.9. The summed E-state index contributed by atoms with van der Waals surface area (Å²) in [5.41, 5.74) is 0.464. The Hall–Kier alpha value is -0.0800. The van der Waals surface area contributed by atoms with E-state index in [-0.39, 0.29) is 0 Å². The molecule has 1 N–H and O–H groups in total. The van der Waals surface area contributed by atoms with E-state index in [1.54, 1.807) is 0 Å². The number of nitrogens with one attached hydrogen (secondary N) is 1. The van der Waals surface area contributed by atoms with Crippen molar-refractivity contribution in [2.45, 2.75) is 92.0 Å². The number of piperidine rings is 1. The summed E-state index contributed by atoms with van der Waals surface area (Å²) in [6.45, 7) is 16.9. The first-order valence-electron chi connectivity index (χ1n) is 9.82. The Morgan fingerprint density at radius 2 is 1.64 bits per heavy atom. The molecule has 0 spiro atoms. The van der Waals surface area contributed by atoms with E-state index >= 15 is 0 Å². The Labute approximate surface area is 140 Å². The van der Waals surface area contributed by atoms with E-state index in [4.69, 9.17) is 0 Å². The summed E-state index contributed by atoms with van der Waals surface area (Å²) >= 11 is 0. The number of nitrogens with zero attached hydrogens (tertiary/aromatic N) is 1. The predicted molar refractivity (Wildman–Crippen MR) is 99.5 cm³/mol. The van der Waals surface area contributed by atoms with Crippen molar-refractivity contribution in [3.05, 3.63) is 0 Å². The van der Waals surface area contributed by atoms with Crippen molar-refractivity contribution in [2.24, 2.45) is 11.3 Å². The first-order chi connectivity index (χ1) is 10.4. The Morgan fingerprint density at radius 3 is 2.23 bits per heavy atom. The summed E-state index contributed by atoms with van der Waals surface area (Å²) in [6, 6.07) is 0.725. The summed E-state index contributed by atoms with van der Waals surface area (Å²) in [5, 5.41) is 3.86. The van der Waals surface area contributed by atoms with Gasteiger partial charge in [0.15, 0.2) is 0 Å². The van der Waals surface area contributed by atoms with Crippen LogP contribution in [0.5, 0.6) is 0 Å². The molecule has 2 nitrogen and oxygen atoms in total. The van der Waals surface area contributed by atoms with Crippen LogP contribution in [0.25, 0.3) is 0 Å². The fourth-order valence-corrected chi connectivity index (χ4v) is 3.28. The first-order valence-corrected chi connectivity index (χ1v) is 9.82. The highest BCUT2D eigenvalue weighted by molar-refractivity contribution is 4.73. The van der Waals surface area contributed by atoms with Gasteiger partial charge in [-0.15, -0.1) is 0 Å². The normalized spacial score (nSPS) is 18.8. The van der Waals surface area contributed by atoms with Gasteiger partial charge >= 0.3 is 0 Å². The van der Waals surface area contributed by atoms with Crippen LogP contribution >= 0.6 is 0 Å². The van der Waals surface area contributed by atoms with Gasteiger partial charge in [-0.1, -0.05) is 41.0 Å². The van der Waals surface area contributed by atoms with Crippen LogP contribution in [0.2, 0.25) is 0 Å². The zero-order valence-electron chi connectivity index (χ0n) is 16.1. The molecule has 1 unspecified atom stereocenters. The van der Waals surface area contributed by atoms with Crippen LogP contribution in [0, 0.1) is 11.3 Å². The van der Waals surface area contributed by atoms with Crippen LogP contribution in [0.4, 0.5) is 0 Å². The van der Waals surface area contributed by atoms with E-state index in [2.05, 4.69) is 44.8 Å². The van der Waals surface area contributed by atoms with Gasteiger partial charge in [-0.3, -0.25) is 0 Å². The lowest BCUT2D eigenvalue weighted by Crippen LogP contribution is -2.35. The third-order valence-corrected chi connectivity index (χ3v) is 4.87. The van der Waals surface area contributed by atoms with Crippen molar-refractivity contribution in [1.29, 1.82) is 0 Å². The molecule has 0 bridgehead atoms. The highest BCUT2D eigenvalue weighted by Crippen LogP contribution is 2.23. The number of rotatable bonds is 10. The monoisotopic (exact) mass is 310 g/mol. The Balaban J connectivity index is 2.20. The van der Waals surface area contributed by atoms with Crippen LogP contribution in [-0.2, 0) is 0 Å². The molecule has 1 aliphatic rings. The molecule has 2 heteroatoms. The lowest BCUT2D eigenvalue weighted by molar-refractivity contribution is 0.223. The van der Waals surface area contributed by atoms with Gasteiger partial charge in [-0.05, 0) is 82.5 Å². The Morgan fingerprint density at radius 1 is 0.955 bits per heavy atom. The van der Waals surface area contributed by atoms with E-state index in [1.165, 1.54) is 77.5 Å². The fraction of sp³-hybridized carbons (Fsp3) is 1.00. The lowest BCUT2D eigenvalue weighted by Gasteiger charge is -2.27. The Bertz CT molecular complexity index is 261. The van der Waals surface area contributed by atoms with Gasteiger partial charge in [-0.25, -0.2) is 0 Å². The molecule has 0 aromatic heterocycles. The molecule has 1 heterocycles. The van der Waals surface area contributed by atoms with E-state index < -0.39 is 0 Å². The van der Waals surface area contributed by atoms with E-state index in [9.17, 15) is 0 Å². The second-order valence-corrected chi connectivity index (χ2v) is 8.98. The fourth-order valence-electron chi connectivity index (χ4n) is 3.28. The average molecular weight is 311 g/mol. The minimum Gasteiger partial charge on any atom is -0.314 e. The molecule has 0 aromatic carbocycles. The molecule has 0 aromatic rings. The summed E-state index contributed by atoms with van der Waals surface area (Å²) in [5.74, 6) is 0.826. The smallest absolute Gasteiger partial charge is 0.00673 e. The van der Waals surface area contributed by atoms with Crippen molar-refractivity contribution in [3.63, 3.8) is 0 Å². The molecule has 1 fully saturated rings. The quantitative estimate of drug-likeness (QED) is 0.566. The van der Waals surface area contributed by atoms with E-state index in [0.29, 0.717) is 5.41 Å². The maximum absolute atomic E-state index is 3.86. The largest absolute Gasteiger partial charge is 0.314 e. The zero-order valence-corrected chi connectivity index (χ0v) is 16.1. The van der Waals surface area contributed by atoms with Gasteiger partial charge in [-0.2, -0.15) is 0 Å². The molecule has 0 radical (unpaired) electrons. The summed E-state index contributed by atoms with van der Waals surface area (Å²) < 4.78 is 0. The summed E-state index contributed by atoms with van der Waals surface area (Å²) in [7, 11) is 0. The minimum atomic E-state index is 0.464. The molecule has 1 saturated heterocycles. The van der Waals surface area contributed by atoms with Crippen LogP contribution < -0.4 is 5.32 Å². The number of likely N-dealkylation sites (tertiary alicyclic amines) is 1. The lowest BCUT2D eigenvalue weighted by atomic mass is 9.87. The van der Waals surface area contributed by atoms with Crippen molar-refractivity contribution < 1.29 is 0 Å². The molecule has 1 atom stereocenters. The molecule has 1 rings (SSSR count). The van der Waals surface area contributed by atoms with Gasteiger partial charge in [0, 0.05) is 6.04 Å². The maximum atomic E-state index is 3.86. The van der Waals surface area contributed by atoms with E-state index in [0.717, 1.165) is 12.0 Å². The molecule has 0 aliphatic carbocycles. The average Bonchev–Trinajstić information content (AvgIpc) is 2.45. The highest BCUT2D eigenvalue weighted by atomic mass is 15.1. The second kappa shape index (κ2) is 10.6. The van der Waals surface area contributed by atoms with Crippen LogP contribution in [0.1, 0.15) is 86.0 Å². The molecule has 132 valence electrons. The molecule has 0 amide bonds. The van der Waals surface area contributed by atoms with Crippen LogP contribution in [-0.4, -0.2) is 37.1 Å². The van der Waals surface area contributed by atoms with Gasteiger partial charge in [0.2, 0.25) is 0 Å². The van der Waals surface area contributed by atoms with Crippen molar-refractivity contribution in [1.82, 2.24) is 10.2 Å². The third-order valence-electron chi connectivity index (χ3n) is 4.87. The van der Waals surface area contributed by atoms with Gasteiger partial charge in [0.05, 0.1) is 0 Å². The molecule has 1 aliphatic heterocycles.